The van der Waals surface area contributed by atoms with E-state index in [4.69, 9.17) is 16.1 Å². The molecular formula is C17H18BrN9. The molecule has 27 heavy (non-hydrogen) atoms. The molecule has 1 unspecified atom stereocenters. The highest BCUT2D eigenvalue weighted by Gasteiger charge is 2.23. The molecule has 0 saturated carbocycles. The van der Waals surface area contributed by atoms with Gasteiger partial charge in [0.25, 0.3) is 0 Å². The fraction of sp³-hybridized carbons (Fsp3) is 0.235. The van der Waals surface area contributed by atoms with E-state index in [9.17, 15) is 0 Å². The Bertz CT molecular complexity index is 1010. The number of hydrogen-bond donors (Lipinski definition) is 3. The van der Waals surface area contributed by atoms with Crippen molar-refractivity contribution in [1.82, 2.24) is 29.7 Å². The molecule has 0 spiro atoms. The van der Waals surface area contributed by atoms with Crippen molar-refractivity contribution in [1.29, 1.82) is 5.41 Å². The first-order chi connectivity index (χ1) is 13.2. The van der Waals surface area contributed by atoms with Crippen LogP contribution in [0.4, 0.5) is 5.82 Å². The van der Waals surface area contributed by atoms with Gasteiger partial charge in [0, 0.05) is 50.0 Å². The highest BCUT2D eigenvalue weighted by atomic mass is 79.9. The fourth-order valence-corrected chi connectivity index (χ4v) is 3.43. The maximum atomic E-state index is 7.51. The van der Waals surface area contributed by atoms with Crippen LogP contribution in [-0.4, -0.2) is 56.2 Å². The molecule has 0 radical (unpaired) electrons. The monoisotopic (exact) mass is 427 g/mol. The Balaban J connectivity index is 1.66. The second-order valence-electron chi connectivity index (χ2n) is 6.08. The van der Waals surface area contributed by atoms with Gasteiger partial charge in [0.2, 0.25) is 0 Å². The molecule has 0 bridgehead atoms. The standard InChI is InChI=1S/C17H18BrN9/c18-14-10-27-13(7-24-16(27)8-23-14)17-22-2-1-15(25-17)26-4-3-21-12(9-26)11(5-19)6-20/h1-2,5-8,10,12,19,21H,3-4,9,20H2/b11-6+,19-5?. The molecule has 0 amide bonds. The second kappa shape index (κ2) is 7.41. The molecule has 138 valence electrons. The SMILES string of the molecule is N=C/C(=C\N)C1CN(c2ccnc(-c3cnc4cnc(Br)cn34)n2)CCN1. The molecule has 4 rings (SSSR count). The molecule has 3 aromatic rings. The third-order valence-corrected chi connectivity index (χ3v) is 4.90. The molecule has 4 N–H and O–H groups in total. The lowest BCUT2D eigenvalue weighted by Gasteiger charge is -2.34. The molecule has 1 saturated heterocycles. The molecule has 1 aliphatic rings. The normalized spacial score (nSPS) is 18.0. The number of imidazole rings is 1. The molecule has 0 aliphatic carbocycles. The van der Waals surface area contributed by atoms with E-state index in [-0.39, 0.29) is 6.04 Å². The van der Waals surface area contributed by atoms with Crippen molar-refractivity contribution in [2.45, 2.75) is 6.04 Å². The van der Waals surface area contributed by atoms with E-state index in [1.807, 2.05) is 16.7 Å². The Kier molecular flexibility index (Phi) is 4.82. The topological polar surface area (TPSA) is 121 Å². The zero-order chi connectivity index (χ0) is 18.8. The van der Waals surface area contributed by atoms with Crippen LogP contribution in [0.25, 0.3) is 17.2 Å². The summed E-state index contributed by atoms with van der Waals surface area (Å²) in [4.78, 5) is 19.9. The zero-order valence-corrected chi connectivity index (χ0v) is 16.0. The summed E-state index contributed by atoms with van der Waals surface area (Å²) in [6, 6.07) is 1.89. The van der Waals surface area contributed by atoms with Crippen LogP contribution in [0.1, 0.15) is 0 Å². The van der Waals surface area contributed by atoms with E-state index >= 15 is 0 Å². The summed E-state index contributed by atoms with van der Waals surface area (Å²) in [6.07, 6.45) is 9.79. The van der Waals surface area contributed by atoms with Crippen LogP contribution in [-0.2, 0) is 0 Å². The minimum atomic E-state index is -0.00232. The molecular weight excluding hydrogens is 410 g/mol. The van der Waals surface area contributed by atoms with Gasteiger partial charge in [-0.2, -0.15) is 0 Å². The second-order valence-corrected chi connectivity index (χ2v) is 6.90. The van der Waals surface area contributed by atoms with Crippen LogP contribution in [0.3, 0.4) is 0 Å². The lowest BCUT2D eigenvalue weighted by Crippen LogP contribution is -2.52. The Labute approximate surface area is 164 Å². The van der Waals surface area contributed by atoms with E-state index in [0.29, 0.717) is 17.0 Å². The van der Waals surface area contributed by atoms with Crippen LogP contribution < -0.4 is 16.0 Å². The highest BCUT2D eigenvalue weighted by Crippen LogP contribution is 2.22. The first-order valence-electron chi connectivity index (χ1n) is 8.42. The number of halogens is 1. The molecule has 10 heteroatoms. The third-order valence-electron chi connectivity index (χ3n) is 4.50. The quantitative estimate of drug-likeness (QED) is 0.535. The van der Waals surface area contributed by atoms with Crippen molar-refractivity contribution in [3.8, 4) is 11.5 Å². The Morgan fingerprint density at radius 3 is 3.04 bits per heavy atom. The maximum Gasteiger partial charge on any atom is 0.180 e. The van der Waals surface area contributed by atoms with Gasteiger partial charge >= 0.3 is 0 Å². The van der Waals surface area contributed by atoms with Crippen molar-refractivity contribution in [2.75, 3.05) is 24.5 Å². The van der Waals surface area contributed by atoms with Gasteiger partial charge in [-0.05, 0) is 22.0 Å². The van der Waals surface area contributed by atoms with Crippen molar-refractivity contribution in [3.05, 3.63) is 47.2 Å². The number of nitrogens with one attached hydrogen (secondary N) is 2. The lowest BCUT2D eigenvalue weighted by molar-refractivity contribution is 0.507. The Morgan fingerprint density at radius 2 is 2.22 bits per heavy atom. The smallest absolute Gasteiger partial charge is 0.180 e. The Hall–Kier alpha value is -2.85. The summed E-state index contributed by atoms with van der Waals surface area (Å²) in [5.41, 5.74) is 7.92. The number of aromatic nitrogens is 5. The zero-order valence-electron chi connectivity index (χ0n) is 14.4. The molecule has 0 aromatic carbocycles. The first-order valence-corrected chi connectivity index (χ1v) is 9.21. The van der Waals surface area contributed by atoms with E-state index < -0.39 is 0 Å². The molecule has 9 nitrogen and oxygen atoms in total. The fourth-order valence-electron chi connectivity index (χ4n) is 3.13. The molecule has 1 atom stereocenters. The number of anilines is 1. The number of fused-ring (bicyclic) bond motifs is 1. The molecule has 1 aliphatic heterocycles. The minimum absolute atomic E-state index is 0.00232. The number of piperazine rings is 1. The van der Waals surface area contributed by atoms with Gasteiger partial charge in [0.05, 0.1) is 18.4 Å². The lowest BCUT2D eigenvalue weighted by atomic mass is 10.1. The number of nitrogens with two attached hydrogens (primary N) is 1. The average Bonchev–Trinajstić information content (AvgIpc) is 3.12. The molecule has 1 fully saturated rings. The van der Waals surface area contributed by atoms with Crippen LogP contribution in [0.15, 0.2) is 47.2 Å². The summed E-state index contributed by atoms with van der Waals surface area (Å²) in [7, 11) is 0. The number of hydrogen-bond acceptors (Lipinski definition) is 8. The average molecular weight is 428 g/mol. The summed E-state index contributed by atoms with van der Waals surface area (Å²) in [6.45, 7) is 2.27. The predicted octanol–water partition coefficient (Wildman–Crippen LogP) is 1.22. The van der Waals surface area contributed by atoms with Crippen molar-refractivity contribution >= 4 is 33.6 Å². The van der Waals surface area contributed by atoms with Crippen molar-refractivity contribution in [2.24, 2.45) is 5.73 Å². The highest BCUT2D eigenvalue weighted by molar-refractivity contribution is 9.10. The van der Waals surface area contributed by atoms with Crippen LogP contribution in [0.5, 0.6) is 0 Å². The largest absolute Gasteiger partial charge is 0.404 e. The number of nitrogens with zero attached hydrogens (tertiary/aromatic N) is 6. The van der Waals surface area contributed by atoms with Gasteiger partial charge in [0.15, 0.2) is 11.5 Å². The summed E-state index contributed by atoms with van der Waals surface area (Å²) >= 11 is 3.39. The van der Waals surface area contributed by atoms with Crippen LogP contribution in [0, 0.1) is 5.41 Å². The van der Waals surface area contributed by atoms with Crippen LogP contribution in [0.2, 0.25) is 0 Å². The molecule has 3 aromatic heterocycles. The van der Waals surface area contributed by atoms with Gasteiger partial charge in [-0.15, -0.1) is 0 Å². The van der Waals surface area contributed by atoms with Gasteiger partial charge in [-0.3, -0.25) is 4.40 Å². The van der Waals surface area contributed by atoms with Crippen LogP contribution >= 0.6 is 15.9 Å². The van der Waals surface area contributed by atoms with E-state index in [2.05, 4.69) is 41.1 Å². The number of rotatable bonds is 4. The third kappa shape index (κ3) is 3.40. The van der Waals surface area contributed by atoms with Gasteiger partial charge in [-0.25, -0.2) is 19.9 Å². The first kappa shape index (κ1) is 17.6. The van der Waals surface area contributed by atoms with E-state index in [0.717, 1.165) is 35.8 Å². The van der Waals surface area contributed by atoms with Crippen molar-refractivity contribution in [3.63, 3.8) is 0 Å². The van der Waals surface area contributed by atoms with Gasteiger partial charge in [0.1, 0.15) is 16.1 Å². The van der Waals surface area contributed by atoms with Gasteiger partial charge in [-0.1, -0.05) is 0 Å². The minimum Gasteiger partial charge on any atom is -0.404 e. The predicted molar refractivity (Wildman–Crippen MR) is 107 cm³/mol. The maximum absolute atomic E-state index is 7.51. The van der Waals surface area contributed by atoms with Crippen molar-refractivity contribution < 1.29 is 0 Å². The van der Waals surface area contributed by atoms with Gasteiger partial charge < -0.3 is 21.4 Å². The van der Waals surface area contributed by atoms with E-state index in [1.165, 1.54) is 12.4 Å². The summed E-state index contributed by atoms with van der Waals surface area (Å²) < 4.78 is 2.62. The summed E-state index contributed by atoms with van der Waals surface area (Å²) in [5, 5.41) is 10.9. The Morgan fingerprint density at radius 1 is 1.33 bits per heavy atom. The molecule has 4 heterocycles. The summed E-state index contributed by atoms with van der Waals surface area (Å²) in [5.74, 6) is 1.42. The van der Waals surface area contributed by atoms with E-state index in [1.54, 1.807) is 18.6 Å².